The lowest BCUT2D eigenvalue weighted by Gasteiger charge is -2.02. The molecular weight excluding hydrogens is 212 g/mol. The van der Waals surface area contributed by atoms with E-state index in [2.05, 4.69) is 16.9 Å². The highest BCUT2D eigenvalue weighted by Crippen LogP contribution is 2.10. The van der Waals surface area contributed by atoms with E-state index in [9.17, 15) is 4.79 Å². The second-order valence-corrected chi connectivity index (χ2v) is 3.90. The maximum absolute atomic E-state index is 12.0. The molecule has 0 spiro atoms. The highest BCUT2D eigenvalue weighted by atomic mass is 16.1. The number of aryl methyl sites for hydroxylation is 1. The maximum atomic E-state index is 12.0. The van der Waals surface area contributed by atoms with E-state index >= 15 is 0 Å². The lowest BCUT2D eigenvalue weighted by atomic mass is 10.0. The minimum atomic E-state index is -0.0337. The molecule has 86 valence electrons. The van der Waals surface area contributed by atoms with Crippen molar-refractivity contribution in [3.63, 3.8) is 0 Å². The Morgan fingerprint density at radius 1 is 1.06 bits per heavy atom. The molecule has 0 N–H and O–H groups in total. The quantitative estimate of drug-likeness (QED) is 0.753. The highest BCUT2D eigenvalue weighted by Gasteiger charge is 2.08. The topological polar surface area (TPSA) is 42.9 Å². The Bertz CT molecular complexity index is 491. The van der Waals surface area contributed by atoms with Gasteiger partial charge in [0.15, 0.2) is 5.78 Å². The Kier molecular flexibility index (Phi) is 3.60. The van der Waals surface area contributed by atoms with Gasteiger partial charge in [-0.1, -0.05) is 37.6 Å². The van der Waals surface area contributed by atoms with E-state index in [-0.39, 0.29) is 5.78 Å². The second kappa shape index (κ2) is 5.34. The number of carbonyl (C=O) groups excluding carboxylic acids is 1. The molecule has 17 heavy (non-hydrogen) atoms. The summed E-state index contributed by atoms with van der Waals surface area (Å²) in [5.74, 6) is -0.0337. The fourth-order valence-corrected chi connectivity index (χ4v) is 1.69. The molecule has 2 aromatic rings. The molecule has 0 saturated carbocycles. The van der Waals surface area contributed by atoms with Gasteiger partial charge >= 0.3 is 0 Å². The Labute approximate surface area is 101 Å². The molecule has 1 aromatic heterocycles. The molecule has 1 aromatic carbocycles. The molecule has 0 amide bonds. The zero-order chi connectivity index (χ0) is 12.1. The largest absolute Gasteiger partial charge is 0.288 e. The van der Waals surface area contributed by atoms with Crippen LogP contribution >= 0.6 is 0 Å². The number of ketones is 1. The number of hydrogen-bond donors (Lipinski definition) is 0. The minimum absolute atomic E-state index is 0.0337. The van der Waals surface area contributed by atoms with Crippen LogP contribution in [0.15, 0.2) is 43.0 Å². The Morgan fingerprint density at radius 2 is 1.71 bits per heavy atom. The smallest absolute Gasteiger partial charge is 0.196 e. The molecule has 3 heteroatoms. The summed E-state index contributed by atoms with van der Waals surface area (Å²) in [6.07, 6.45) is 6.65. The van der Waals surface area contributed by atoms with Crippen molar-refractivity contribution in [1.82, 2.24) is 9.97 Å². The molecule has 0 aliphatic rings. The van der Waals surface area contributed by atoms with Crippen LogP contribution in [0.2, 0.25) is 0 Å². The first-order valence-electron chi connectivity index (χ1n) is 5.70. The van der Waals surface area contributed by atoms with Gasteiger partial charge in [-0.3, -0.25) is 4.79 Å². The molecule has 0 bridgehead atoms. The molecule has 0 aliphatic heterocycles. The molecule has 2 rings (SSSR count). The number of aromatic nitrogens is 2. The van der Waals surface area contributed by atoms with Gasteiger partial charge < -0.3 is 0 Å². The summed E-state index contributed by atoms with van der Waals surface area (Å²) in [4.78, 5) is 19.7. The van der Waals surface area contributed by atoms with Gasteiger partial charge in [-0.05, 0) is 12.0 Å². The number of hydrogen-bond acceptors (Lipinski definition) is 3. The Hall–Kier alpha value is -2.03. The first kappa shape index (κ1) is 11.5. The fourth-order valence-electron chi connectivity index (χ4n) is 1.69. The predicted molar refractivity (Wildman–Crippen MR) is 65.9 cm³/mol. The summed E-state index contributed by atoms with van der Waals surface area (Å²) in [5, 5.41) is 0. The van der Waals surface area contributed by atoms with Gasteiger partial charge in [-0.25, -0.2) is 9.97 Å². The monoisotopic (exact) mass is 226 g/mol. The molecular formula is C14H14N2O. The molecule has 1 heterocycles. The van der Waals surface area contributed by atoms with Crippen LogP contribution < -0.4 is 0 Å². The van der Waals surface area contributed by atoms with Crippen LogP contribution in [0, 0.1) is 0 Å². The minimum Gasteiger partial charge on any atom is -0.288 e. The van der Waals surface area contributed by atoms with E-state index < -0.39 is 0 Å². The van der Waals surface area contributed by atoms with E-state index in [0.29, 0.717) is 11.1 Å². The molecule has 0 saturated heterocycles. The molecule has 0 radical (unpaired) electrons. The summed E-state index contributed by atoms with van der Waals surface area (Å²) in [6, 6.07) is 7.72. The molecule has 0 aliphatic carbocycles. The summed E-state index contributed by atoms with van der Waals surface area (Å²) in [6.45, 7) is 2.14. The van der Waals surface area contributed by atoms with Crippen molar-refractivity contribution in [2.24, 2.45) is 0 Å². The van der Waals surface area contributed by atoms with Crippen LogP contribution in [0.5, 0.6) is 0 Å². The number of carbonyl (C=O) groups is 1. The normalized spacial score (nSPS) is 10.2. The third-order valence-corrected chi connectivity index (χ3v) is 2.58. The first-order valence-corrected chi connectivity index (χ1v) is 5.70. The molecule has 0 fully saturated rings. The molecule has 3 nitrogen and oxygen atoms in total. The SMILES string of the molecule is CCCc1ccc(C(=O)c2cncnc2)cc1. The average Bonchev–Trinajstić information content (AvgIpc) is 2.40. The number of rotatable bonds is 4. The Morgan fingerprint density at radius 3 is 2.29 bits per heavy atom. The van der Waals surface area contributed by atoms with E-state index in [1.165, 1.54) is 24.3 Å². The summed E-state index contributed by atoms with van der Waals surface area (Å²) in [7, 11) is 0. The zero-order valence-electron chi connectivity index (χ0n) is 9.76. The fraction of sp³-hybridized carbons (Fsp3) is 0.214. The van der Waals surface area contributed by atoms with Crippen molar-refractivity contribution in [3.05, 3.63) is 59.7 Å². The van der Waals surface area contributed by atoms with Crippen molar-refractivity contribution in [2.45, 2.75) is 19.8 Å². The summed E-state index contributed by atoms with van der Waals surface area (Å²) in [5.41, 5.74) is 2.46. The van der Waals surface area contributed by atoms with E-state index in [4.69, 9.17) is 0 Å². The lowest BCUT2D eigenvalue weighted by molar-refractivity contribution is 0.103. The van der Waals surface area contributed by atoms with E-state index in [1.54, 1.807) is 0 Å². The summed E-state index contributed by atoms with van der Waals surface area (Å²) < 4.78 is 0. The van der Waals surface area contributed by atoms with Gasteiger partial charge in [0.05, 0.1) is 5.56 Å². The summed E-state index contributed by atoms with van der Waals surface area (Å²) >= 11 is 0. The lowest BCUT2D eigenvalue weighted by Crippen LogP contribution is -2.02. The van der Waals surface area contributed by atoms with E-state index in [1.807, 2.05) is 24.3 Å². The van der Waals surface area contributed by atoms with Crippen LogP contribution in [-0.2, 0) is 6.42 Å². The Balaban J connectivity index is 2.20. The van der Waals surface area contributed by atoms with E-state index in [0.717, 1.165) is 12.8 Å². The van der Waals surface area contributed by atoms with Crippen molar-refractivity contribution in [2.75, 3.05) is 0 Å². The second-order valence-electron chi connectivity index (χ2n) is 3.90. The first-order chi connectivity index (χ1) is 8.31. The standard InChI is InChI=1S/C14H14N2O/c1-2-3-11-4-6-12(7-5-11)14(17)13-8-15-10-16-9-13/h4-10H,2-3H2,1H3. The highest BCUT2D eigenvalue weighted by molar-refractivity contribution is 6.08. The van der Waals surface area contributed by atoms with Gasteiger partial charge in [-0.15, -0.1) is 0 Å². The van der Waals surface area contributed by atoms with Crippen LogP contribution in [0.4, 0.5) is 0 Å². The predicted octanol–water partition coefficient (Wildman–Crippen LogP) is 2.66. The molecule has 0 atom stereocenters. The average molecular weight is 226 g/mol. The maximum Gasteiger partial charge on any atom is 0.196 e. The van der Waals surface area contributed by atoms with Crippen LogP contribution in [0.1, 0.15) is 34.8 Å². The van der Waals surface area contributed by atoms with Gasteiger partial charge in [-0.2, -0.15) is 0 Å². The number of benzene rings is 1. The number of nitrogens with zero attached hydrogens (tertiary/aromatic N) is 2. The van der Waals surface area contributed by atoms with Gasteiger partial charge in [0, 0.05) is 18.0 Å². The third-order valence-electron chi connectivity index (χ3n) is 2.58. The van der Waals surface area contributed by atoms with Crippen molar-refractivity contribution in [1.29, 1.82) is 0 Å². The van der Waals surface area contributed by atoms with Gasteiger partial charge in [0.25, 0.3) is 0 Å². The third kappa shape index (κ3) is 2.75. The zero-order valence-corrected chi connectivity index (χ0v) is 9.76. The molecule has 0 unspecified atom stereocenters. The van der Waals surface area contributed by atoms with Crippen LogP contribution in [-0.4, -0.2) is 15.8 Å². The van der Waals surface area contributed by atoms with Crippen LogP contribution in [0.3, 0.4) is 0 Å². The van der Waals surface area contributed by atoms with Gasteiger partial charge in [0.2, 0.25) is 0 Å². The van der Waals surface area contributed by atoms with Crippen molar-refractivity contribution < 1.29 is 4.79 Å². The van der Waals surface area contributed by atoms with Crippen LogP contribution in [0.25, 0.3) is 0 Å². The van der Waals surface area contributed by atoms with Crippen molar-refractivity contribution in [3.8, 4) is 0 Å². The van der Waals surface area contributed by atoms with Gasteiger partial charge in [0.1, 0.15) is 6.33 Å². The van der Waals surface area contributed by atoms with Crippen molar-refractivity contribution >= 4 is 5.78 Å².